The summed E-state index contributed by atoms with van der Waals surface area (Å²) in [4.78, 5) is 18.5. The molecule has 0 spiro atoms. The minimum Gasteiger partial charge on any atom is -0.344 e. The van der Waals surface area contributed by atoms with Crippen LogP contribution in [0.1, 0.15) is 24.6 Å². The van der Waals surface area contributed by atoms with E-state index in [0.717, 1.165) is 50.5 Å². The zero-order valence-electron chi connectivity index (χ0n) is 13.1. The van der Waals surface area contributed by atoms with E-state index in [0.29, 0.717) is 0 Å². The predicted molar refractivity (Wildman–Crippen MR) is 88.3 cm³/mol. The van der Waals surface area contributed by atoms with Crippen molar-refractivity contribution in [3.05, 3.63) is 24.2 Å². The third-order valence-electron chi connectivity index (χ3n) is 4.53. The SMILES string of the molecule is CN1CCC(n2ccnc2-c2cc3n(n2)CCCNC3)C1=O.Cl. The average molecular weight is 337 g/mol. The van der Waals surface area contributed by atoms with Crippen LogP contribution in [0.3, 0.4) is 0 Å². The Labute approximate surface area is 141 Å². The number of aromatic nitrogens is 4. The number of carbonyl (C=O) groups excluding carboxylic acids is 1. The number of nitrogens with one attached hydrogen (secondary N) is 1. The van der Waals surface area contributed by atoms with Gasteiger partial charge in [-0.3, -0.25) is 9.48 Å². The molecule has 1 unspecified atom stereocenters. The van der Waals surface area contributed by atoms with Gasteiger partial charge in [-0.25, -0.2) is 4.98 Å². The Morgan fingerprint density at radius 2 is 2.22 bits per heavy atom. The molecular weight excluding hydrogens is 316 g/mol. The molecule has 0 saturated carbocycles. The highest BCUT2D eigenvalue weighted by molar-refractivity contribution is 5.85. The highest BCUT2D eigenvalue weighted by Crippen LogP contribution is 2.28. The quantitative estimate of drug-likeness (QED) is 0.890. The fourth-order valence-electron chi connectivity index (χ4n) is 3.30. The van der Waals surface area contributed by atoms with Crippen molar-refractivity contribution < 1.29 is 4.79 Å². The number of imidazole rings is 1. The number of rotatable bonds is 2. The van der Waals surface area contributed by atoms with Gasteiger partial charge < -0.3 is 14.8 Å². The number of likely N-dealkylation sites (tertiary alicyclic amines) is 1. The van der Waals surface area contributed by atoms with E-state index in [9.17, 15) is 4.79 Å². The first kappa shape index (κ1) is 16.0. The molecule has 1 fully saturated rings. The molecule has 1 N–H and O–H groups in total. The highest BCUT2D eigenvalue weighted by Gasteiger charge is 2.32. The molecule has 7 nitrogen and oxygen atoms in total. The van der Waals surface area contributed by atoms with Crippen LogP contribution in [-0.4, -0.2) is 50.3 Å². The number of carbonyl (C=O) groups is 1. The van der Waals surface area contributed by atoms with Crippen LogP contribution in [0.2, 0.25) is 0 Å². The molecule has 1 amide bonds. The van der Waals surface area contributed by atoms with Crippen LogP contribution in [-0.2, 0) is 17.9 Å². The van der Waals surface area contributed by atoms with Crippen LogP contribution in [0, 0.1) is 0 Å². The number of hydrogen-bond acceptors (Lipinski definition) is 4. The maximum Gasteiger partial charge on any atom is 0.245 e. The van der Waals surface area contributed by atoms with E-state index in [1.54, 1.807) is 11.1 Å². The second-order valence-electron chi connectivity index (χ2n) is 6.00. The maximum atomic E-state index is 12.3. The lowest BCUT2D eigenvalue weighted by molar-refractivity contribution is -0.129. The minimum absolute atomic E-state index is 0. The maximum absolute atomic E-state index is 12.3. The Morgan fingerprint density at radius 3 is 3.00 bits per heavy atom. The smallest absolute Gasteiger partial charge is 0.245 e. The predicted octanol–water partition coefficient (Wildman–Crippen LogP) is 1.06. The van der Waals surface area contributed by atoms with Crippen molar-refractivity contribution in [2.45, 2.75) is 32.0 Å². The number of amides is 1. The van der Waals surface area contributed by atoms with E-state index in [4.69, 9.17) is 5.10 Å². The first-order valence-electron chi connectivity index (χ1n) is 7.79. The van der Waals surface area contributed by atoms with Crippen molar-refractivity contribution in [3.8, 4) is 11.5 Å². The molecule has 2 aromatic heterocycles. The number of likely N-dealkylation sites (N-methyl/N-ethyl adjacent to an activating group) is 1. The lowest BCUT2D eigenvalue weighted by atomic mass is 10.2. The van der Waals surface area contributed by atoms with Crippen LogP contribution in [0.25, 0.3) is 11.5 Å². The monoisotopic (exact) mass is 336 g/mol. The van der Waals surface area contributed by atoms with E-state index in [-0.39, 0.29) is 24.4 Å². The number of aryl methyl sites for hydroxylation is 1. The molecule has 124 valence electrons. The van der Waals surface area contributed by atoms with Gasteiger partial charge in [-0.05, 0) is 25.5 Å². The van der Waals surface area contributed by atoms with Crippen LogP contribution >= 0.6 is 12.4 Å². The molecule has 4 heterocycles. The number of hydrogen-bond donors (Lipinski definition) is 1. The Morgan fingerprint density at radius 1 is 1.35 bits per heavy atom. The van der Waals surface area contributed by atoms with Gasteiger partial charge in [-0.15, -0.1) is 12.4 Å². The molecule has 1 saturated heterocycles. The molecule has 8 heteroatoms. The summed E-state index contributed by atoms with van der Waals surface area (Å²) < 4.78 is 4.03. The zero-order chi connectivity index (χ0) is 15.1. The topological polar surface area (TPSA) is 68.0 Å². The van der Waals surface area contributed by atoms with Crippen LogP contribution in [0.4, 0.5) is 0 Å². The Hall–Kier alpha value is -1.86. The molecule has 0 aliphatic carbocycles. The Balaban J connectivity index is 0.00000156. The molecule has 4 rings (SSSR count). The standard InChI is InChI=1S/C15H20N6O.ClH/c1-19-7-3-13(15(19)22)20-8-5-17-14(20)12-9-11-10-16-4-2-6-21(11)18-12;/h5,8-9,13,16H,2-4,6-7,10H2,1H3;1H. The van der Waals surface area contributed by atoms with E-state index >= 15 is 0 Å². The van der Waals surface area contributed by atoms with Gasteiger partial charge >= 0.3 is 0 Å². The molecule has 0 radical (unpaired) electrons. The van der Waals surface area contributed by atoms with Gasteiger partial charge in [-0.1, -0.05) is 0 Å². The second kappa shape index (κ2) is 6.33. The van der Waals surface area contributed by atoms with E-state index in [1.165, 1.54) is 5.69 Å². The Kier molecular flexibility index (Phi) is 4.41. The highest BCUT2D eigenvalue weighted by atomic mass is 35.5. The molecule has 0 bridgehead atoms. The third kappa shape index (κ3) is 2.74. The molecule has 2 aliphatic rings. The Bertz CT molecular complexity index is 685. The van der Waals surface area contributed by atoms with Crippen LogP contribution < -0.4 is 5.32 Å². The summed E-state index contributed by atoms with van der Waals surface area (Å²) in [6, 6.07) is 1.93. The van der Waals surface area contributed by atoms with Crippen LogP contribution in [0.15, 0.2) is 18.5 Å². The average Bonchev–Trinajstić information content (AvgIpc) is 3.17. The van der Waals surface area contributed by atoms with Crippen molar-refractivity contribution in [2.75, 3.05) is 20.1 Å². The summed E-state index contributed by atoms with van der Waals surface area (Å²) in [5.41, 5.74) is 2.03. The van der Waals surface area contributed by atoms with Gasteiger partial charge in [0.2, 0.25) is 5.91 Å². The zero-order valence-corrected chi connectivity index (χ0v) is 13.9. The van der Waals surface area contributed by atoms with Gasteiger partial charge in [0.05, 0.1) is 5.69 Å². The van der Waals surface area contributed by atoms with Crippen molar-refractivity contribution in [3.63, 3.8) is 0 Å². The second-order valence-corrected chi connectivity index (χ2v) is 6.00. The summed E-state index contributed by atoms with van der Waals surface area (Å²) in [5, 5.41) is 8.09. The first-order chi connectivity index (χ1) is 10.7. The molecule has 0 aromatic carbocycles. The summed E-state index contributed by atoms with van der Waals surface area (Å²) in [6.07, 6.45) is 5.55. The number of halogens is 1. The van der Waals surface area contributed by atoms with Gasteiger partial charge in [0.25, 0.3) is 0 Å². The summed E-state index contributed by atoms with van der Waals surface area (Å²) >= 11 is 0. The molecule has 2 aromatic rings. The minimum atomic E-state index is -0.151. The summed E-state index contributed by atoms with van der Waals surface area (Å²) in [6.45, 7) is 3.58. The lowest BCUT2D eigenvalue weighted by Gasteiger charge is -2.13. The van der Waals surface area contributed by atoms with Gasteiger partial charge in [-0.2, -0.15) is 5.10 Å². The molecule has 1 atom stereocenters. The normalized spacial score (nSPS) is 21.0. The van der Waals surface area contributed by atoms with E-state index in [2.05, 4.69) is 21.0 Å². The van der Waals surface area contributed by atoms with E-state index < -0.39 is 0 Å². The van der Waals surface area contributed by atoms with Gasteiger partial charge in [0.1, 0.15) is 11.7 Å². The number of fused-ring (bicyclic) bond motifs is 1. The van der Waals surface area contributed by atoms with Gasteiger partial charge in [0, 0.05) is 39.1 Å². The fraction of sp³-hybridized carbons (Fsp3) is 0.533. The third-order valence-corrected chi connectivity index (χ3v) is 4.53. The number of nitrogens with zero attached hydrogens (tertiary/aromatic N) is 5. The van der Waals surface area contributed by atoms with Crippen molar-refractivity contribution >= 4 is 18.3 Å². The summed E-state index contributed by atoms with van der Waals surface area (Å²) in [7, 11) is 1.85. The molecule has 23 heavy (non-hydrogen) atoms. The first-order valence-corrected chi connectivity index (χ1v) is 7.79. The molecule has 2 aliphatic heterocycles. The van der Waals surface area contributed by atoms with E-state index in [1.807, 2.05) is 17.8 Å². The van der Waals surface area contributed by atoms with Crippen LogP contribution in [0.5, 0.6) is 0 Å². The molecular formula is C15H21ClN6O. The van der Waals surface area contributed by atoms with Gasteiger partial charge in [0.15, 0.2) is 5.82 Å². The lowest BCUT2D eigenvalue weighted by Crippen LogP contribution is -2.24. The van der Waals surface area contributed by atoms with Crippen molar-refractivity contribution in [2.24, 2.45) is 0 Å². The van der Waals surface area contributed by atoms with Crippen molar-refractivity contribution in [1.29, 1.82) is 0 Å². The summed E-state index contributed by atoms with van der Waals surface area (Å²) in [5.74, 6) is 0.941. The fourth-order valence-corrected chi connectivity index (χ4v) is 3.30. The largest absolute Gasteiger partial charge is 0.344 e. The van der Waals surface area contributed by atoms with Crippen molar-refractivity contribution in [1.82, 2.24) is 29.5 Å².